The van der Waals surface area contributed by atoms with Gasteiger partial charge in [-0.2, -0.15) is 5.10 Å². The van der Waals surface area contributed by atoms with Crippen molar-refractivity contribution in [2.75, 3.05) is 13.1 Å². The number of nitrogens with zero attached hydrogens (tertiary/aromatic N) is 3. The smallest absolute Gasteiger partial charge is 0.219 e. The molecule has 0 aromatic carbocycles. The first-order valence-electron chi connectivity index (χ1n) is 5.49. The van der Waals surface area contributed by atoms with Gasteiger partial charge >= 0.3 is 0 Å². The van der Waals surface area contributed by atoms with Crippen LogP contribution in [0.15, 0.2) is 12.3 Å². The van der Waals surface area contributed by atoms with Crippen LogP contribution in [0.1, 0.15) is 31.9 Å². The van der Waals surface area contributed by atoms with E-state index in [9.17, 15) is 4.79 Å². The van der Waals surface area contributed by atoms with Crippen molar-refractivity contribution in [3.63, 3.8) is 0 Å². The minimum atomic E-state index is 0.174. The van der Waals surface area contributed by atoms with Crippen molar-refractivity contribution < 1.29 is 4.79 Å². The Bertz CT molecular complexity index is 358. The molecule has 1 fully saturated rings. The third-order valence-corrected chi connectivity index (χ3v) is 3.04. The van der Waals surface area contributed by atoms with E-state index in [2.05, 4.69) is 18.1 Å². The summed E-state index contributed by atoms with van der Waals surface area (Å²) < 4.78 is 1.94. The molecule has 1 atom stereocenters. The first-order chi connectivity index (χ1) is 7.20. The molecule has 0 aliphatic carbocycles. The largest absolute Gasteiger partial charge is 0.342 e. The van der Waals surface area contributed by atoms with Gasteiger partial charge < -0.3 is 4.90 Å². The normalized spacial score (nSPS) is 20.9. The van der Waals surface area contributed by atoms with Gasteiger partial charge in [-0.1, -0.05) is 0 Å². The molecule has 1 unspecified atom stereocenters. The average Bonchev–Trinajstić information content (AvgIpc) is 2.86. The molecule has 4 nitrogen and oxygen atoms in total. The molecule has 0 spiro atoms. The molecule has 1 aromatic rings. The summed E-state index contributed by atoms with van der Waals surface area (Å²) in [6.45, 7) is 6.32. The van der Waals surface area contributed by atoms with E-state index in [1.807, 2.05) is 15.8 Å². The fourth-order valence-electron chi connectivity index (χ4n) is 2.06. The highest BCUT2D eigenvalue weighted by Crippen LogP contribution is 2.25. The Balaban J connectivity index is 2.04. The molecule has 0 radical (unpaired) electrons. The van der Waals surface area contributed by atoms with Crippen molar-refractivity contribution in [2.24, 2.45) is 0 Å². The number of aryl methyl sites for hydroxylation is 1. The summed E-state index contributed by atoms with van der Waals surface area (Å²) in [5.41, 5.74) is 1.13. The van der Waals surface area contributed by atoms with Crippen LogP contribution in [0.4, 0.5) is 0 Å². The van der Waals surface area contributed by atoms with Crippen LogP contribution in [-0.2, 0) is 11.3 Å². The van der Waals surface area contributed by atoms with Gasteiger partial charge in [-0.3, -0.25) is 9.48 Å². The second-order valence-electron chi connectivity index (χ2n) is 4.05. The Labute approximate surface area is 89.9 Å². The van der Waals surface area contributed by atoms with Crippen molar-refractivity contribution >= 4 is 5.91 Å². The fraction of sp³-hybridized carbons (Fsp3) is 0.636. The molecule has 0 bridgehead atoms. The summed E-state index contributed by atoms with van der Waals surface area (Å²) in [7, 11) is 0. The molecule has 1 aliphatic rings. The van der Waals surface area contributed by atoms with Crippen LogP contribution in [0, 0.1) is 0 Å². The lowest BCUT2D eigenvalue weighted by molar-refractivity contribution is -0.127. The molecule has 1 aromatic heterocycles. The van der Waals surface area contributed by atoms with Gasteiger partial charge in [0.2, 0.25) is 5.91 Å². The standard InChI is InChI=1S/C11H17N3O/c1-3-14-7-5-11(12-14)10-4-6-13(8-10)9(2)15/h5,7,10H,3-4,6,8H2,1-2H3. The Morgan fingerprint density at radius 1 is 1.67 bits per heavy atom. The lowest BCUT2D eigenvalue weighted by Crippen LogP contribution is -2.25. The van der Waals surface area contributed by atoms with Gasteiger partial charge in [0.15, 0.2) is 0 Å². The van der Waals surface area contributed by atoms with Crippen LogP contribution in [-0.4, -0.2) is 33.7 Å². The molecule has 15 heavy (non-hydrogen) atoms. The van der Waals surface area contributed by atoms with Crippen molar-refractivity contribution in [3.8, 4) is 0 Å². The maximum Gasteiger partial charge on any atom is 0.219 e. The van der Waals surface area contributed by atoms with E-state index >= 15 is 0 Å². The highest BCUT2D eigenvalue weighted by atomic mass is 16.2. The van der Waals surface area contributed by atoms with E-state index in [0.717, 1.165) is 31.7 Å². The van der Waals surface area contributed by atoms with Gasteiger partial charge in [0.25, 0.3) is 0 Å². The predicted molar refractivity (Wildman–Crippen MR) is 57.5 cm³/mol. The fourth-order valence-corrected chi connectivity index (χ4v) is 2.06. The van der Waals surface area contributed by atoms with Crippen molar-refractivity contribution in [1.29, 1.82) is 0 Å². The van der Waals surface area contributed by atoms with Gasteiger partial charge in [-0.15, -0.1) is 0 Å². The molecule has 82 valence electrons. The van der Waals surface area contributed by atoms with Gasteiger partial charge in [0.1, 0.15) is 0 Å². The molecule has 0 N–H and O–H groups in total. The minimum Gasteiger partial charge on any atom is -0.342 e. The van der Waals surface area contributed by atoms with Gasteiger partial charge in [-0.05, 0) is 19.4 Å². The van der Waals surface area contributed by atoms with Crippen LogP contribution in [0.3, 0.4) is 0 Å². The van der Waals surface area contributed by atoms with Gasteiger partial charge in [0.05, 0.1) is 5.69 Å². The van der Waals surface area contributed by atoms with E-state index in [4.69, 9.17) is 0 Å². The molecule has 2 rings (SSSR count). The molecule has 1 saturated heterocycles. The van der Waals surface area contributed by atoms with Crippen molar-refractivity contribution in [2.45, 2.75) is 32.7 Å². The molecular formula is C11H17N3O. The number of aromatic nitrogens is 2. The Morgan fingerprint density at radius 3 is 3.00 bits per heavy atom. The quantitative estimate of drug-likeness (QED) is 0.731. The van der Waals surface area contributed by atoms with E-state index < -0.39 is 0 Å². The molecule has 1 aliphatic heterocycles. The second kappa shape index (κ2) is 4.04. The summed E-state index contributed by atoms with van der Waals surface area (Å²) in [4.78, 5) is 13.1. The zero-order chi connectivity index (χ0) is 10.8. The number of likely N-dealkylation sites (tertiary alicyclic amines) is 1. The van der Waals surface area contributed by atoms with E-state index in [1.54, 1.807) is 6.92 Å². The lowest BCUT2D eigenvalue weighted by Gasteiger charge is -2.12. The predicted octanol–water partition coefficient (Wildman–Crippen LogP) is 1.24. The Hall–Kier alpha value is -1.32. The summed E-state index contributed by atoms with van der Waals surface area (Å²) in [6.07, 6.45) is 3.05. The molecule has 4 heteroatoms. The van der Waals surface area contributed by atoms with Crippen LogP contribution in [0.25, 0.3) is 0 Å². The lowest BCUT2D eigenvalue weighted by atomic mass is 10.1. The SMILES string of the molecule is CCn1ccc(C2CCN(C(C)=O)C2)n1. The maximum absolute atomic E-state index is 11.2. The van der Waals surface area contributed by atoms with Crippen LogP contribution in [0.5, 0.6) is 0 Å². The molecule has 0 saturated carbocycles. The van der Waals surface area contributed by atoms with Crippen LogP contribution >= 0.6 is 0 Å². The maximum atomic E-state index is 11.2. The van der Waals surface area contributed by atoms with Crippen molar-refractivity contribution in [1.82, 2.24) is 14.7 Å². The number of amides is 1. The number of hydrogen-bond donors (Lipinski definition) is 0. The van der Waals surface area contributed by atoms with E-state index in [-0.39, 0.29) is 5.91 Å². The molecule has 1 amide bonds. The van der Waals surface area contributed by atoms with Crippen LogP contribution < -0.4 is 0 Å². The highest BCUT2D eigenvalue weighted by molar-refractivity contribution is 5.73. The monoisotopic (exact) mass is 207 g/mol. The average molecular weight is 207 g/mol. The molecule has 2 heterocycles. The van der Waals surface area contributed by atoms with Crippen molar-refractivity contribution in [3.05, 3.63) is 18.0 Å². The second-order valence-corrected chi connectivity index (χ2v) is 4.05. The summed E-state index contributed by atoms with van der Waals surface area (Å²) in [5, 5.41) is 4.48. The zero-order valence-corrected chi connectivity index (χ0v) is 9.31. The summed E-state index contributed by atoms with van der Waals surface area (Å²) >= 11 is 0. The number of hydrogen-bond acceptors (Lipinski definition) is 2. The van der Waals surface area contributed by atoms with Gasteiger partial charge in [0, 0.05) is 38.7 Å². The summed E-state index contributed by atoms with van der Waals surface area (Å²) in [6, 6.07) is 2.07. The first-order valence-corrected chi connectivity index (χ1v) is 5.49. The summed E-state index contributed by atoms with van der Waals surface area (Å²) in [5.74, 6) is 0.606. The topological polar surface area (TPSA) is 38.1 Å². The number of carbonyl (C=O) groups excluding carboxylic acids is 1. The molecular weight excluding hydrogens is 190 g/mol. The van der Waals surface area contributed by atoms with E-state index in [0.29, 0.717) is 5.92 Å². The third-order valence-electron chi connectivity index (χ3n) is 3.04. The first kappa shape index (κ1) is 10.2. The third kappa shape index (κ3) is 2.03. The minimum absolute atomic E-state index is 0.174. The number of carbonyl (C=O) groups is 1. The van der Waals surface area contributed by atoms with Gasteiger partial charge in [-0.25, -0.2) is 0 Å². The van der Waals surface area contributed by atoms with Crippen LogP contribution in [0.2, 0.25) is 0 Å². The highest BCUT2D eigenvalue weighted by Gasteiger charge is 2.26. The number of rotatable bonds is 2. The van der Waals surface area contributed by atoms with E-state index in [1.165, 1.54) is 0 Å². The Kier molecular flexibility index (Phi) is 2.75. The zero-order valence-electron chi connectivity index (χ0n) is 9.31. The Morgan fingerprint density at radius 2 is 2.47 bits per heavy atom.